The maximum Gasteiger partial charge on any atom is 0.338 e. The maximum atomic E-state index is 14.2. The van der Waals surface area contributed by atoms with Crippen LogP contribution in [0.3, 0.4) is 0 Å². The van der Waals surface area contributed by atoms with Crippen LogP contribution in [0.25, 0.3) is 11.1 Å². The summed E-state index contributed by atoms with van der Waals surface area (Å²) in [7, 11) is 0. The van der Waals surface area contributed by atoms with Gasteiger partial charge in [0.2, 0.25) is 5.82 Å². The average molecular weight is 751 g/mol. The van der Waals surface area contributed by atoms with Crippen LogP contribution in [-0.4, -0.2) is 38.9 Å². The Morgan fingerprint density at radius 2 is 1.45 bits per heavy atom. The zero-order valence-corrected chi connectivity index (χ0v) is 28.7. The summed E-state index contributed by atoms with van der Waals surface area (Å²) in [5.41, 5.74) is 2.64. The minimum atomic E-state index is -2.36. The van der Waals surface area contributed by atoms with Crippen molar-refractivity contribution >= 4 is 23.6 Å². The molecule has 0 saturated carbocycles. The quantitative estimate of drug-likeness (QED) is 0.0536. The number of thioether (sulfide) groups is 1. The lowest BCUT2D eigenvalue weighted by Gasteiger charge is -2.41. The lowest BCUT2D eigenvalue weighted by atomic mass is 9.91. The Bertz CT molecular complexity index is 2130. The molecule has 0 radical (unpaired) electrons. The molecule has 8 nitrogen and oxygen atoms in total. The molecule has 1 fully saturated rings. The Morgan fingerprint density at radius 1 is 0.792 bits per heavy atom. The largest absolute Gasteiger partial charge is 0.478 e. The lowest BCUT2D eigenvalue weighted by molar-refractivity contribution is -0.268. The van der Waals surface area contributed by atoms with E-state index in [1.54, 1.807) is 36.4 Å². The average Bonchev–Trinajstić information content (AvgIpc) is 3.18. The Morgan fingerprint density at radius 3 is 2.13 bits per heavy atom. The van der Waals surface area contributed by atoms with Gasteiger partial charge < -0.3 is 25.0 Å². The number of carboxylic acid groups (broad SMARTS) is 1. The third-order valence-corrected chi connectivity index (χ3v) is 9.91. The van der Waals surface area contributed by atoms with Crippen molar-refractivity contribution in [2.75, 3.05) is 5.75 Å². The van der Waals surface area contributed by atoms with E-state index >= 15 is 0 Å². The van der Waals surface area contributed by atoms with E-state index in [2.05, 4.69) is 10.3 Å². The number of hydrogen-bond acceptors (Lipinski definition) is 7. The fourth-order valence-corrected chi connectivity index (χ4v) is 7.09. The van der Waals surface area contributed by atoms with Crippen LogP contribution in [0.4, 0.5) is 22.0 Å². The van der Waals surface area contributed by atoms with Crippen LogP contribution in [0.2, 0.25) is 0 Å². The van der Waals surface area contributed by atoms with Crippen LogP contribution in [0.15, 0.2) is 96.2 Å². The predicted molar refractivity (Wildman–Crippen MR) is 184 cm³/mol. The van der Waals surface area contributed by atoms with Gasteiger partial charge in [-0.25, -0.2) is 31.7 Å². The molecular weight excluding hydrogens is 719 g/mol. The highest BCUT2D eigenvalue weighted by Gasteiger charge is 2.39. The number of nitrogens with one attached hydrogen (secondary N) is 1. The van der Waals surface area contributed by atoms with E-state index in [4.69, 9.17) is 9.47 Å². The molecule has 6 rings (SSSR count). The molecule has 4 aromatic carbocycles. The number of benzene rings is 4. The van der Waals surface area contributed by atoms with Gasteiger partial charge in [-0.1, -0.05) is 67.6 Å². The van der Waals surface area contributed by atoms with Crippen molar-refractivity contribution in [3.63, 3.8) is 0 Å². The van der Waals surface area contributed by atoms with E-state index in [1.165, 1.54) is 24.0 Å². The molecule has 14 heteroatoms. The van der Waals surface area contributed by atoms with E-state index in [0.717, 1.165) is 16.7 Å². The molecule has 4 atom stereocenters. The molecule has 1 aliphatic rings. The normalized spacial score (nSPS) is 18.5. The van der Waals surface area contributed by atoms with Gasteiger partial charge in [-0.05, 0) is 52.1 Å². The van der Waals surface area contributed by atoms with E-state index in [0.29, 0.717) is 27.5 Å². The number of aliphatic hydroxyl groups is 1. The third kappa shape index (κ3) is 8.10. The van der Waals surface area contributed by atoms with Crippen molar-refractivity contribution in [2.45, 2.75) is 43.6 Å². The molecule has 1 saturated heterocycles. The monoisotopic (exact) mass is 750 g/mol. The highest BCUT2D eigenvalue weighted by molar-refractivity contribution is 7.99. The van der Waals surface area contributed by atoms with Crippen molar-refractivity contribution in [1.82, 2.24) is 10.3 Å². The molecule has 1 amide bonds. The molecule has 1 aliphatic heterocycles. The molecule has 274 valence electrons. The van der Waals surface area contributed by atoms with Gasteiger partial charge in [-0.2, -0.15) is 0 Å². The van der Waals surface area contributed by atoms with Crippen LogP contribution in [0.1, 0.15) is 62.3 Å². The molecule has 0 spiro atoms. The van der Waals surface area contributed by atoms with Crippen LogP contribution < -0.4 is 5.32 Å². The summed E-state index contributed by atoms with van der Waals surface area (Å²) in [6.45, 7) is 1.58. The van der Waals surface area contributed by atoms with Crippen molar-refractivity contribution < 1.29 is 51.2 Å². The predicted octanol–water partition coefficient (Wildman–Crippen LogP) is 8.15. The van der Waals surface area contributed by atoms with Gasteiger partial charge in [0.15, 0.2) is 29.6 Å². The third-order valence-electron chi connectivity index (χ3n) is 8.82. The second-order valence-corrected chi connectivity index (χ2v) is 13.3. The summed E-state index contributed by atoms with van der Waals surface area (Å²) >= 11 is 1.27. The number of carbonyl (C=O) groups excluding carboxylic acids is 1. The zero-order valence-electron chi connectivity index (χ0n) is 27.9. The number of carbonyl (C=O) groups is 2. The second kappa shape index (κ2) is 16.3. The van der Waals surface area contributed by atoms with Crippen molar-refractivity contribution in [3.8, 4) is 11.1 Å². The Kier molecular flexibility index (Phi) is 11.5. The number of amides is 1. The number of nitrogens with zero attached hydrogens (tertiary/aromatic N) is 1. The highest BCUT2D eigenvalue weighted by Crippen LogP contribution is 2.43. The summed E-state index contributed by atoms with van der Waals surface area (Å²) in [6.07, 6.45) is -0.189. The molecule has 53 heavy (non-hydrogen) atoms. The fraction of sp³-hybridized carbons (Fsp3) is 0.205. The van der Waals surface area contributed by atoms with Gasteiger partial charge in [0, 0.05) is 30.0 Å². The fourth-order valence-electron chi connectivity index (χ4n) is 5.94. The Labute approximate surface area is 304 Å². The first-order valence-corrected chi connectivity index (χ1v) is 17.3. The molecule has 0 bridgehead atoms. The number of halogens is 5. The number of aromatic nitrogens is 1. The number of aliphatic hydroxyl groups excluding tert-OH is 1. The Hall–Kier alpha value is -5.15. The summed E-state index contributed by atoms with van der Waals surface area (Å²) < 4.78 is 82.2. The lowest BCUT2D eigenvalue weighted by Crippen LogP contribution is -2.38. The van der Waals surface area contributed by atoms with Crippen molar-refractivity contribution in [2.24, 2.45) is 5.92 Å². The summed E-state index contributed by atoms with van der Waals surface area (Å²) in [5, 5.41) is 21.8. The number of rotatable bonds is 11. The number of pyridine rings is 1. The molecule has 3 N–H and O–H groups in total. The minimum Gasteiger partial charge on any atom is -0.478 e. The summed E-state index contributed by atoms with van der Waals surface area (Å²) in [4.78, 5) is 28.6. The Balaban J connectivity index is 1.24. The zero-order chi connectivity index (χ0) is 37.8. The molecule has 1 aromatic heterocycles. The van der Waals surface area contributed by atoms with Gasteiger partial charge in [-0.15, -0.1) is 11.8 Å². The van der Waals surface area contributed by atoms with Crippen LogP contribution in [0, 0.1) is 35.0 Å². The SMILES string of the molecule is CC1C(CSc2ncccc2C(=O)O)OC(c2cccc(-c3cccc(CNC(=O)c4c(F)c(F)c(F)c(F)c4F)c3)c2)OC1c1ccc(CO)cc1. The number of aromatic carboxylic acids is 1. The standard InChI is InChI=1S/C39H31F5N2O6S/c1-20-28(19-53-37-27(38(49)50)9-4-14-45-37)51-39(52-35(20)23-12-10-21(18-47)11-13-23)26-8-3-7-25(16-26)24-6-2-5-22(15-24)17-46-36(48)29-30(40)32(42)34(44)33(43)31(29)41/h2-16,20,28,35,39,47H,17-19H2,1H3,(H,46,48)(H,49,50). The molecule has 5 aromatic rings. The molecule has 0 aliphatic carbocycles. The van der Waals surface area contributed by atoms with E-state index in [1.807, 2.05) is 49.4 Å². The second-order valence-electron chi connectivity index (χ2n) is 12.2. The van der Waals surface area contributed by atoms with Gasteiger partial charge in [0.05, 0.1) is 24.4 Å². The van der Waals surface area contributed by atoms with Gasteiger partial charge in [0.25, 0.3) is 5.91 Å². The highest BCUT2D eigenvalue weighted by atomic mass is 32.2. The van der Waals surface area contributed by atoms with Crippen molar-refractivity contribution in [3.05, 3.63) is 154 Å². The topological polar surface area (TPSA) is 118 Å². The first-order valence-electron chi connectivity index (χ1n) is 16.3. The maximum absolute atomic E-state index is 14.2. The van der Waals surface area contributed by atoms with Crippen molar-refractivity contribution in [1.29, 1.82) is 0 Å². The van der Waals surface area contributed by atoms with Gasteiger partial charge in [-0.3, -0.25) is 4.79 Å². The first kappa shape index (κ1) is 37.6. The molecular formula is C39H31F5N2O6S. The minimum absolute atomic E-state index is 0.0805. The summed E-state index contributed by atoms with van der Waals surface area (Å²) in [6, 6.07) is 24.5. The van der Waals surface area contributed by atoms with Crippen LogP contribution in [-0.2, 0) is 22.6 Å². The number of hydrogen-bond donors (Lipinski definition) is 3. The van der Waals surface area contributed by atoms with Gasteiger partial charge >= 0.3 is 5.97 Å². The number of carboxylic acids is 1. The van der Waals surface area contributed by atoms with E-state index in [-0.39, 0.29) is 24.6 Å². The van der Waals surface area contributed by atoms with E-state index in [9.17, 15) is 41.8 Å². The molecule has 4 unspecified atom stereocenters. The number of ether oxygens (including phenoxy) is 2. The smallest absolute Gasteiger partial charge is 0.338 e. The van der Waals surface area contributed by atoms with Crippen LogP contribution in [0.5, 0.6) is 0 Å². The van der Waals surface area contributed by atoms with Crippen LogP contribution >= 0.6 is 11.8 Å². The molecule has 2 heterocycles. The summed E-state index contributed by atoms with van der Waals surface area (Å²) in [5.74, 6) is -13.6. The van der Waals surface area contributed by atoms with Gasteiger partial charge in [0.1, 0.15) is 10.6 Å². The van der Waals surface area contributed by atoms with E-state index < -0.39 is 65.0 Å². The first-order chi connectivity index (χ1) is 25.5.